The lowest BCUT2D eigenvalue weighted by atomic mass is 10.0. The highest BCUT2D eigenvalue weighted by atomic mass is 16.3. The Bertz CT molecular complexity index is 495. The van der Waals surface area contributed by atoms with Gasteiger partial charge in [-0.3, -0.25) is 4.90 Å². The molecule has 0 saturated carbocycles. The Morgan fingerprint density at radius 3 is 2.74 bits per heavy atom. The van der Waals surface area contributed by atoms with Crippen LogP contribution in [0.15, 0.2) is 53.1 Å². The first-order valence-corrected chi connectivity index (χ1v) is 6.81. The number of nitrogens with zero attached hydrogens (tertiary/aromatic N) is 1. The van der Waals surface area contributed by atoms with E-state index >= 15 is 0 Å². The van der Waals surface area contributed by atoms with Crippen LogP contribution in [0.2, 0.25) is 0 Å². The summed E-state index contributed by atoms with van der Waals surface area (Å²) in [6.07, 6.45) is 3.20. The van der Waals surface area contributed by atoms with Crippen molar-refractivity contribution in [1.29, 1.82) is 0 Å². The standard InChI is InChI=1S/C16H19NO2/c18-16-8-9-17(12-14-7-4-10-19-14)15(16)11-13-5-2-1-3-6-13/h1-7,10,15-16,18H,8-9,11-12H2/t15-,16+/m0/s1. The third-order valence-corrected chi connectivity index (χ3v) is 3.85. The van der Waals surface area contributed by atoms with E-state index in [9.17, 15) is 5.11 Å². The fourth-order valence-electron chi connectivity index (χ4n) is 2.82. The lowest BCUT2D eigenvalue weighted by molar-refractivity contribution is 0.109. The van der Waals surface area contributed by atoms with Crippen molar-refractivity contribution in [1.82, 2.24) is 4.90 Å². The predicted molar refractivity (Wildman–Crippen MR) is 73.7 cm³/mol. The number of aliphatic hydroxyl groups is 1. The van der Waals surface area contributed by atoms with Crippen molar-refractivity contribution in [2.75, 3.05) is 6.54 Å². The van der Waals surface area contributed by atoms with Gasteiger partial charge < -0.3 is 9.52 Å². The van der Waals surface area contributed by atoms with Crippen LogP contribution in [0.25, 0.3) is 0 Å². The molecule has 1 aromatic carbocycles. The molecule has 1 saturated heterocycles. The largest absolute Gasteiger partial charge is 0.468 e. The molecule has 2 heterocycles. The topological polar surface area (TPSA) is 36.6 Å². The molecular weight excluding hydrogens is 238 g/mol. The first-order chi connectivity index (χ1) is 9.33. The molecule has 1 N–H and O–H groups in total. The predicted octanol–water partition coefficient (Wildman–Crippen LogP) is 2.46. The minimum Gasteiger partial charge on any atom is -0.468 e. The maximum absolute atomic E-state index is 10.2. The number of aliphatic hydroxyl groups excluding tert-OH is 1. The van der Waals surface area contributed by atoms with E-state index in [0.29, 0.717) is 0 Å². The summed E-state index contributed by atoms with van der Waals surface area (Å²) >= 11 is 0. The Hall–Kier alpha value is -1.58. The number of rotatable bonds is 4. The molecule has 1 aliphatic rings. The van der Waals surface area contributed by atoms with Crippen molar-refractivity contribution < 1.29 is 9.52 Å². The minimum absolute atomic E-state index is 0.187. The maximum Gasteiger partial charge on any atom is 0.117 e. The fourth-order valence-corrected chi connectivity index (χ4v) is 2.82. The first-order valence-electron chi connectivity index (χ1n) is 6.81. The fraction of sp³-hybridized carbons (Fsp3) is 0.375. The molecule has 0 amide bonds. The Morgan fingerprint density at radius 2 is 2.00 bits per heavy atom. The number of benzene rings is 1. The molecular formula is C16H19NO2. The molecule has 3 nitrogen and oxygen atoms in total. The second-order valence-corrected chi connectivity index (χ2v) is 5.16. The molecule has 0 radical (unpaired) electrons. The normalized spacial score (nSPS) is 23.8. The van der Waals surface area contributed by atoms with E-state index in [-0.39, 0.29) is 12.1 Å². The van der Waals surface area contributed by atoms with Crippen LogP contribution in [0.5, 0.6) is 0 Å². The average molecular weight is 257 g/mol. The Morgan fingerprint density at radius 1 is 1.16 bits per heavy atom. The summed E-state index contributed by atoms with van der Waals surface area (Å²) < 4.78 is 5.41. The number of hydrogen-bond donors (Lipinski definition) is 1. The molecule has 1 aliphatic heterocycles. The van der Waals surface area contributed by atoms with Crippen LogP contribution in [0.4, 0.5) is 0 Å². The van der Waals surface area contributed by atoms with Crippen LogP contribution in [-0.2, 0) is 13.0 Å². The maximum atomic E-state index is 10.2. The molecule has 100 valence electrons. The highest BCUT2D eigenvalue weighted by Gasteiger charge is 2.32. The summed E-state index contributed by atoms with van der Waals surface area (Å²) in [5.41, 5.74) is 1.28. The van der Waals surface area contributed by atoms with E-state index < -0.39 is 0 Å². The zero-order valence-electron chi connectivity index (χ0n) is 10.9. The van der Waals surface area contributed by atoms with E-state index in [4.69, 9.17) is 4.42 Å². The van der Waals surface area contributed by atoms with Gasteiger partial charge >= 0.3 is 0 Å². The monoisotopic (exact) mass is 257 g/mol. The van der Waals surface area contributed by atoms with E-state index in [1.54, 1.807) is 6.26 Å². The van der Waals surface area contributed by atoms with Gasteiger partial charge in [0.1, 0.15) is 5.76 Å². The molecule has 2 atom stereocenters. The van der Waals surface area contributed by atoms with Gasteiger partial charge in [-0.15, -0.1) is 0 Å². The molecule has 2 aromatic rings. The van der Waals surface area contributed by atoms with E-state index in [2.05, 4.69) is 17.0 Å². The summed E-state index contributed by atoms with van der Waals surface area (Å²) in [4.78, 5) is 2.32. The molecule has 19 heavy (non-hydrogen) atoms. The summed E-state index contributed by atoms with van der Waals surface area (Å²) in [5, 5.41) is 10.2. The quantitative estimate of drug-likeness (QED) is 0.914. The summed E-state index contributed by atoms with van der Waals surface area (Å²) in [5.74, 6) is 0.965. The SMILES string of the molecule is O[C@@H]1CCN(Cc2ccco2)[C@H]1Cc1ccccc1. The highest BCUT2D eigenvalue weighted by Crippen LogP contribution is 2.24. The molecule has 0 unspecified atom stereocenters. The van der Waals surface area contributed by atoms with Gasteiger partial charge in [0.2, 0.25) is 0 Å². The summed E-state index contributed by atoms with van der Waals surface area (Å²) in [6.45, 7) is 1.71. The van der Waals surface area contributed by atoms with E-state index in [1.165, 1.54) is 5.56 Å². The zero-order valence-corrected chi connectivity index (χ0v) is 10.9. The van der Waals surface area contributed by atoms with Crippen molar-refractivity contribution in [2.24, 2.45) is 0 Å². The molecule has 1 aromatic heterocycles. The van der Waals surface area contributed by atoms with Crippen LogP contribution >= 0.6 is 0 Å². The summed E-state index contributed by atoms with van der Waals surface area (Å²) in [6, 6.07) is 14.5. The lowest BCUT2D eigenvalue weighted by Crippen LogP contribution is -2.36. The van der Waals surface area contributed by atoms with Crippen LogP contribution in [0, 0.1) is 0 Å². The van der Waals surface area contributed by atoms with Gasteiger partial charge in [-0.25, -0.2) is 0 Å². The van der Waals surface area contributed by atoms with Gasteiger partial charge in [0.15, 0.2) is 0 Å². The Kier molecular flexibility index (Phi) is 3.67. The second-order valence-electron chi connectivity index (χ2n) is 5.16. The van der Waals surface area contributed by atoms with Gasteiger partial charge in [-0.05, 0) is 30.5 Å². The van der Waals surface area contributed by atoms with Crippen LogP contribution in [-0.4, -0.2) is 28.7 Å². The third kappa shape index (κ3) is 2.88. The Balaban J connectivity index is 1.70. The third-order valence-electron chi connectivity index (χ3n) is 3.85. The Labute approximate surface area is 113 Å². The lowest BCUT2D eigenvalue weighted by Gasteiger charge is -2.25. The van der Waals surface area contributed by atoms with Gasteiger partial charge in [0.05, 0.1) is 18.9 Å². The van der Waals surface area contributed by atoms with E-state index in [0.717, 1.165) is 31.7 Å². The first kappa shape index (κ1) is 12.5. The summed E-state index contributed by atoms with van der Waals surface area (Å²) in [7, 11) is 0. The second kappa shape index (κ2) is 5.59. The van der Waals surface area contributed by atoms with Crippen LogP contribution in [0.1, 0.15) is 17.7 Å². The number of furan rings is 1. The molecule has 0 spiro atoms. The average Bonchev–Trinajstić information content (AvgIpc) is 3.05. The van der Waals surface area contributed by atoms with Crippen LogP contribution < -0.4 is 0 Å². The van der Waals surface area contributed by atoms with Crippen molar-refractivity contribution in [3.63, 3.8) is 0 Å². The molecule has 0 bridgehead atoms. The molecule has 3 heteroatoms. The van der Waals surface area contributed by atoms with Crippen molar-refractivity contribution in [3.05, 3.63) is 60.1 Å². The molecule has 1 fully saturated rings. The molecule has 3 rings (SSSR count). The van der Waals surface area contributed by atoms with Crippen molar-refractivity contribution >= 4 is 0 Å². The number of hydrogen-bond acceptors (Lipinski definition) is 3. The molecule has 0 aliphatic carbocycles. The number of likely N-dealkylation sites (tertiary alicyclic amines) is 1. The van der Waals surface area contributed by atoms with Crippen molar-refractivity contribution in [2.45, 2.75) is 31.5 Å². The smallest absolute Gasteiger partial charge is 0.117 e. The minimum atomic E-state index is -0.241. The van der Waals surface area contributed by atoms with Crippen LogP contribution in [0.3, 0.4) is 0 Å². The van der Waals surface area contributed by atoms with Gasteiger partial charge in [-0.1, -0.05) is 30.3 Å². The van der Waals surface area contributed by atoms with E-state index in [1.807, 2.05) is 30.3 Å². The highest BCUT2D eigenvalue weighted by molar-refractivity contribution is 5.17. The van der Waals surface area contributed by atoms with Crippen molar-refractivity contribution in [3.8, 4) is 0 Å². The van der Waals surface area contributed by atoms with Gasteiger partial charge in [0, 0.05) is 12.6 Å². The van der Waals surface area contributed by atoms with Gasteiger partial charge in [-0.2, -0.15) is 0 Å². The zero-order chi connectivity index (χ0) is 13.1. The van der Waals surface area contributed by atoms with Gasteiger partial charge in [0.25, 0.3) is 0 Å².